The lowest BCUT2D eigenvalue weighted by atomic mass is 9.86. The van der Waals surface area contributed by atoms with Gasteiger partial charge in [-0.2, -0.15) is 25.8 Å². The number of nitroso groups, excluding NO2 is 1. The van der Waals surface area contributed by atoms with Crippen molar-refractivity contribution in [1.82, 2.24) is 54.6 Å². The lowest BCUT2D eigenvalue weighted by Gasteiger charge is -2.30. The second-order valence-electron chi connectivity index (χ2n) is 27.8. The van der Waals surface area contributed by atoms with Crippen molar-refractivity contribution in [1.29, 1.82) is 0 Å². The molecule has 4 aromatic rings. The SMILES string of the molecule is NC1CCC(CNc2nc(NCC(=O)N3CCC3)ncc2[N+](=O)[O-])CC1.NC1CCC(CNc2nc(NCC(=O)N3CC[C@@H](O)C3)ncc2[N+](=O)[O-])CC1.NC1CCC(CNc2nc(NCC(=O)N3CC[C@H](O)C3)ncc2[N+](=O)[O-])CC1.NC1CCC(CNc2nc(NCC(=O)[N+](N)=O)ncc2[N+](=O)[O-])CC1. The van der Waals surface area contributed by atoms with Gasteiger partial charge in [-0.3, -0.25) is 54.8 Å². The molecule has 107 heavy (non-hydrogen) atoms. The summed E-state index contributed by atoms with van der Waals surface area (Å²) in [6, 6.07) is 0.977. The highest BCUT2D eigenvalue weighted by molar-refractivity contribution is 5.82. The van der Waals surface area contributed by atoms with Gasteiger partial charge in [0, 0.05) is 89.6 Å². The van der Waals surface area contributed by atoms with Crippen molar-refractivity contribution in [2.75, 3.05) is 134 Å². The number of carbonyl (C=O) groups excluding carboxylic acids is 4. The monoisotopic (exact) mass is 1500 g/mol. The average molecular weight is 1500 g/mol. The molecule has 0 radical (unpaired) electrons. The number of aliphatic hydroxyl groups excluding tert-OH is 2. The molecule has 4 amide bonds. The smallest absolute Gasteiger partial charge is 0.391 e. The number of carbonyl (C=O) groups is 4. The first kappa shape index (κ1) is 82.2. The molecule has 7 aliphatic rings. The number of amides is 4. The Balaban J connectivity index is 0.000000180. The third kappa shape index (κ3) is 26.5. The molecule has 7 fully saturated rings. The van der Waals surface area contributed by atoms with Crippen molar-refractivity contribution >= 4 is 93.4 Å². The molecule has 44 nitrogen and oxygen atoms in total. The van der Waals surface area contributed by atoms with Crippen LogP contribution in [0.5, 0.6) is 0 Å². The Morgan fingerprint density at radius 3 is 0.850 bits per heavy atom. The van der Waals surface area contributed by atoms with Gasteiger partial charge in [0.05, 0.1) is 56.4 Å². The minimum absolute atomic E-state index is 0.0195. The van der Waals surface area contributed by atoms with Crippen LogP contribution >= 0.6 is 0 Å². The van der Waals surface area contributed by atoms with Crippen LogP contribution < -0.4 is 71.3 Å². The summed E-state index contributed by atoms with van der Waals surface area (Å²) in [5.41, 5.74) is 22.8. The minimum Gasteiger partial charge on any atom is -0.391 e. The number of aliphatic hydroxyl groups is 2. The van der Waals surface area contributed by atoms with E-state index in [-0.39, 0.29) is 136 Å². The lowest BCUT2D eigenvalue weighted by Crippen LogP contribution is -2.44. The molecular formula is C63H100N29O15+. The Hall–Kier alpha value is -10.4. The Morgan fingerprint density at radius 2 is 0.636 bits per heavy atom. The fourth-order valence-electron chi connectivity index (χ4n) is 13.0. The predicted octanol–water partition coefficient (Wildman–Crippen LogP) is 1.50. The number of nitro groups is 4. The first-order valence-corrected chi connectivity index (χ1v) is 36.2. The normalized spacial score (nSPS) is 23.1. The van der Waals surface area contributed by atoms with Crippen molar-refractivity contribution in [3.8, 4) is 0 Å². The number of hydrazine groups is 1. The molecule has 4 aliphatic carbocycles. The summed E-state index contributed by atoms with van der Waals surface area (Å²) < 4.78 is 0. The number of hydrogen-bond donors (Lipinski definition) is 15. The molecule has 0 aromatic carbocycles. The van der Waals surface area contributed by atoms with E-state index in [1.165, 1.54) is 6.20 Å². The van der Waals surface area contributed by atoms with E-state index in [0.29, 0.717) is 88.9 Å². The molecule has 11 rings (SSSR count). The molecular weight excluding hydrogens is 1400 g/mol. The Kier molecular flexibility index (Phi) is 31.4. The number of anilines is 8. The largest absolute Gasteiger partial charge is 0.484 e. The Morgan fingerprint density at radius 1 is 0.383 bits per heavy atom. The van der Waals surface area contributed by atoms with E-state index in [0.717, 1.165) is 141 Å². The van der Waals surface area contributed by atoms with Crippen molar-refractivity contribution in [2.45, 2.75) is 158 Å². The molecule has 2 atom stereocenters. The minimum atomic E-state index is -0.921. The summed E-state index contributed by atoms with van der Waals surface area (Å²) >= 11 is 0. The van der Waals surface area contributed by atoms with Crippen LogP contribution in [0.4, 0.5) is 69.8 Å². The Labute approximate surface area is 615 Å². The second-order valence-corrected chi connectivity index (χ2v) is 27.8. The van der Waals surface area contributed by atoms with Crippen LogP contribution in [-0.2, 0) is 19.2 Å². The zero-order valence-electron chi connectivity index (χ0n) is 59.7. The molecule has 44 heteroatoms. The zero-order chi connectivity index (χ0) is 77.1. The van der Waals surface area contributed by atoms with Gasteiger partial charge in [-0.05, 0) is 146 Å². The van der Waals surface area contributed by atoms with Gasteiger partial charge in [0.15, 0.2) is 11.4 Å². The molecule has 7 heterocycles. The van der Waals surface area contributed by atoms with Crippen LogP contribution in [0.1, 0.15) is 122 Å². The van der Waals surface area contributed by atoms with E-state index < -0.39 is 44.4 Å². The molecule has 4 aromatic heterocycles. The maximum atomic E-state index is 12.1. The van der Waals surface area contributed by atoms with Crippen molar-refractivity contribution in [2.24, 2.45) is 52.4 Å². The standard InChI is InChI=1S/2C17H27N7O4.C16H25N7O3.C13H21N8O4/c2*18-12-3-1-11(2-4-12)7-19-16-14(24(27)28)8-20-17(22-16)21-9-15(26)23-6-5-13(25)10-23;17-12-4-2-11(3-5-12)8-18-15-13(23(25)26)9-19-16(21-15)20-10-14(24)22-6-1-7-22;14-9-3-1-8(2-4-9)5-16-12-10(21(24)25)6-17-13(19-12)18-7-11(22)20(15)23/h2*8,11-13,25H,1-7,9-10,18H2,(H2,19,20,21,22);9,11-12H,1-8,10,17H2,(H2,18,19,20,21);6,8-9H,1-5,7,14H2,(H2,15,23)(H2,16,17,18,19)/q;;;+1/t2*11?,12?,13-;;/m10../s1. The molecule has 0 spiro atoms. The summed E-state index contributed by atoms with van der Waals surface area (Å²) in [7, 11) is 0. The van der Waals surface area contributed by atoms with Gasteiger partial charge in [0.2, 0.25) is 64.8 Å². The molecule has 0 bridgehead atoms. The van der Waals surface area contributed by atoms with Gasteiger partial charge < -0.3 is 90.4 Å². The number of likely N-dealkylation sites (tertiary alicyclic amines) is 3. The number of β-amino-alcohol motifs (C(OH)–C–C–N with tert-alkyl or cyclic N) is 2. The van der Waals surface area contributed by atoms with Gasteiger partial charge in [-0.15, -0.1) is 0 Å². The number of nitrogens with zero attached hydrogens (tertiary/aromatic N) is 16. The van der Waals surface area contributed by atoms with Gasteiger partial charge in [-0.1, -0.05) is 0 Å². The van der Waals surface area contributed by atoms with Crippen LogP contribution in [0.3, 0.4) is 0 Å². The molecule has 20 N–H and O–H groups in total. The maximum absolute atomic E-state index is 12.1. The highest BCUT2D eigenvalue weighted by Gasteiger charge is 2.31. The van der Waals surface area contributed by atoms with Crippen LogP contribution in [0.25, 0.3) is 0 Å². The first-order chi connectivity index (χ1) is 51.2. The van der Waals surface area contributed by atoms with Crippen molar-refractivity contribution < 1.29 is 54.0 Å². The molecule has 4 saturated carbocycles. The van der Waals surface area contributed by atoms with Crippen LogP contribution in [-0.4, -0.2) is 241 Å². The quantitative estimate of drug-likeness (QED) is 0.0126. The highest BCUT2D eigenvalue weighted by Crippen LogP contribution is 2.32. The first-order valence-electron chi connectivity index (χ1n) is 36.2. The van der Waals surface area contributed by atoms with Gasteiger partial charge in [-0.25, -0.2) is 24.7 Å². The summed E-state index contributed by atoms with van der Waals surface area (Å²) in [4.78, 5) is 137. The summed E-state index contributed by atoms with van der Waals surface area (Å²) in [5.74, 6) is 6.05. The molecule has 3 aliphatic heterocycles. The fraction of sp³-hybridized carbons (Fsp3) is 0.683. The predicted molar refractivity (Wildman–Crippen MR) is 391 cm³/mol. The number of aromatic nitrogens is 8. The van der Waals surface area contributed by atoms with Gasteiger partial charge in [0.25, 0.3) is 0 Å². The van der Waals surface area contributed by atoms with E-state index >= 15 is 0 Å². The molecule has 3 saturated heterocycles. The van der Waals surface area contributed by atoms with E-state index in [1.54, 1.807) is 14.7 Å². The summed E-state index contributed by atoms with van der Waals surface area (Å²) in [6.07, 6.45) is 21.1. The number of nitrogens with two attached hydrogens (primary N) is 5. The number of nitrogens with one attached hydrogen (secondary N) is 8. The average Bonchev–Trinajstić information content (AvgIpc) is 1.56. The number of rotatable bonds is 28. The fourth-order valence-corrected chi connectivity index (χ4v) is 13.0. The van der Waals surface area contributed by atoms with Crippen molar-refractivity contribution in [3.05, 3.63) is 70.2 Å². The van der Waals surface area contributed by atoms with Crippen LogP contribution in [0, 0.1) is 69.0 Å². The Bertz CT molecular complexity index is 3550. The van der Waals surface area contributed by atoms with Crippen molar-refractivity contribution in [3.63, 3.8) is 0 Å². The third-order valence-corrected chi connectivity index (χ3v) is 19.7. The summed E-state index contributed by atoms with van der Waals surface area (Å²) in [6.45, 7) is 5.10. The maximum Gasteiger partial charge on any atom is 0.484 e. The molecule has 0 unspecified atom stereocenters. The topological polar surface area (TPSA) is 641 Å². The van der Waals surface area contributed by atoms with E-state index in [2.05, 4.69) is 82.4 Å². The highest BCUT2D eigenvalue weighted by atomic mass is 16.6. The van der Waals surface area contributed by atoms with Crippen LogP contribution in [0.15, 0.2) is 24.8 Å². The lowest BCUT2D eigenvalue weighted by molar-refractivity contribution is -0.478. The zero-order valence-corrected chi connectivity index (χ0v) is 59.7. The van der Waals surface area contributed by atoms with E-state index in [9.17, 15) is 74.8 Å². The van der Waals surface area contributed by atoms with Crippen LogP contribution in [0.2, 0.25) is 0 Å². The summed E-state index contributed by atoms with van der Waals surface area (Å²) in [5, 5.41) is 87.1. The van der Waals surface area contributed by atoms with Gasteiger partial charge >= 0.3 is 28.7 Å². The van der Waals surface area contributed by atoms with E-state index in [1.807, 2.05) is 0 Å². The number of hydrogen-bond acceptors (Lipinski definition) is 35. The molecule has 586 valence electrons. The van der Waals surface area contributed by atoms with E-state index in [4.69, 9.17) is 28.8 Å². The second kappa shape index (κ2) is 40.9. The third-order valence-electron chi connectivity index (χ3n) is 19.7. The van der Waals surface area contributed by atoms with Gasteiger partial charge in [0.1, 0.15) is 24.8 Å².